The molecule has 86 valence electrons. The van der Waals surface area contributed by atoms with Crippen LogP contribution >= 0.6 is 11.6 Å². The third kappa shape index (κ3) is 2.02. The fraction of sp³-hybridized carbons (Fsp3) is 0.583. The molecule has 1 aromatic rings. The van der Waals surface area contributed by atoms with E-state index in [9.17, 15) is 0 Å². The van der Waals surface area contributed by atoms with Crippen LogP contribution in [0.2, 0.25) is 5.02 Å². The smallest absolute Gasteiger partial charge is 0.213 e. The van der Waals surface area contributed by atoms with E-state index < -0.39 is 0 Å². The summed E-state index contributed by atoms with van der Waals surface area (Å²) < 4.78 is 5.91. The van der Waals surface area contributed by atoms with E-state index in [2.05, 4.69) is 10.3 Å². The van der Waals surface area contributed by atoms with Gasteiger partial charge in [0.25, 0.3) is 0 Å². The molecule has 4 heteroatoms. The zero-order valence-corrected chi connectivity index (χ0v) is 9.78. The quantitative estimate of drug-likeness (QED) is 0.858. The van der Waals surface area contributed by atoms with Gasteiger partial charge in [-0.15, -0.1) is 0 Å². The lowest BCUT2D eigenvalue weighted by Gasteiger charge is -2.42. The first kappa shape index (κ1) is 10.4. The van der Waals surface area contributed by atoms with Gasteiger partial charge in [-0.3, -0.25) is 0 Å². The first-order chi connectivity index (χ1) is 7.81. The van der Waals surface area contributed by atoms with E-state index in [1.807, 2.05) is 12.1 Å². The number of ether oxygens (including phenoxy) is 1. The number of nitrogens with one attached hydrogen (secondary N) is 1. The SMILES string of the molecule is Clc1ccc(O[C@H]2C[C@H]3CC[C@@H]2NC3)nc1. The van der Waals surface area contributed by atoms with E-state index in [0.29, 0.717) is 16.9 Å². The summed E-state index contributed by atoms with van der Waals surface area (Å²) in [6, 6.07) is 4.16. The van der Waals surface area contributed by atoms with Crippen molar-refractivity contribution in [2.75, 3.05) is 6.54 Å². The van der Waals surface area contributed by atoms with Crippen LogP contribution in [0.5, 0.6) is 5.88 Å². The molecular weight excluding hydrogens is 224 g/mol. The summed E-state index contributed by atoms with van der Waals surface area (Å²) in [6.07, 6.45) is 5.63. The Hall–Kier alpha value is -0.800. The van der Waals surface area contributed by atoms with Gasteiger partial charge in [-0.25, -0.2) is 4.98 Å². The number of hydrogen-bond acceptors (Lipinski definition) is 3. The van der Waals surface area contributed by atoms with E-state index in [1.54, 1.807) is 6.20 Å². The second-order valence-electron chi connectivity index (χ2n) is 4.66. The molecule has 0 amide bonds. The third-order valence-electron chi connectivity index (χ3n) is 3.54. The van der Waals surface area contributed by atoms with Gasteiger partial charge in [-0.05, 0) is 37.8 Å². The van der Waals surface area contributed by atoms with Gasteiger partial charge < -0.3 is 10.1 Å². The molecule has 3 heterocycles. The average Bonchev–Trinajstić information content (AvgIpc) is 2.34. The van der Waals surface area contributed by atoms with Crippen LogP contribution in [0.25, 0.3) is 0 Å². The Bertz CT molecular complexity index is 360. The molecule has 0 spiro atoms. The minimum atomic E-state index is 0.279. The molecular formula is C12H15ClN2O. The van der Waals surface area contributed by atoms with E-state index in [-0.39, 0.29) is 6.10 Å². The molecule has 1 saturated carbocycles. The summed E-state index contributed by atoms with van der Waals surface area (Å²) in [5, 5.41) is 4.17. The van der Waals surface area contributed by atoms with Gasteiger partial charge in [-0.2, -0.15) is 0 Å². The highest BCUT2D eigenvalue weighted by Crippen LogP contribution is 2.31. The van der Waals surface area contributed by atoms with Crippen molar-refractivity contribution in [1.29, 1.82) is 0 Å². The number of aromatic nitrogens is 1. The van der Waals surface area contributed by atoms with E-state index >= 15 is 0 Å². The highest BCUT2D eigenvalue weighted by Gasteiger charge is 2.36. The van der Waals surface area contributed by atoms with Crippen LogP contribution in [0.1, 0.15) is 19.3 Å². The van der Waals surface area contributed by atoms with Gasteiger partial charge in [-0.1, -0.05) is 11.6 Å². The van der Waals surface area contributed by atoms with Crippen LogP contribution in [-0.2, 0) is 0 Å². The Balaban J connectivity index is 1.68. The zero-order valence-electron chi connectivity index (χ0n) is 9.03. The number of hydrogen-bond donors (Lipinski definition) is 1. The Kier molecular flexibility index (Phi) is 2.74. The zero-order chi connectivity index (χ0) is 11.0. The van der Waals surface area contributed by atoms with Crippen LogP contribution < -0.4 is 10.1 Å². The van der Waals surface area contributed by atoms with Gasteiger partial charge >= 0.3 is 0 Å². The first-order valence-corrected chi connectivity index (χ1v) is 6.20. The van der Waals surface area contributed by atoms with E-state index in [4.69, 9.17) is 16.3 Å². The second kappa shape index (κ2) is 4.22. The maximum absolute atomic E-state index is 5.91. The van der Waals surface area contributed by atoms with Gasteiger partial charge in [0.1, 0.15) is 6.10 Å². The predicted octanol–water partition coefficient (Wildman–Crippen LogP) is 2.25. The maximum Gasteiger partial charge on any atom is 0.213 e. The average molecular weight is 239 g/mol. The molecule has 0 radical (unpaired) electrons. The normalized spacial score (nSPS) is 32.7. The van der Waals surface area contributed by atoms with Gasteiger partial charge in [0.2, 0.25) is 5.88 Å². The molecule has 3 aliphatic rings. The van der Waals surface area contributed by atoms with Crippen LogP contribution in [0, 0.1) is 5.92 Å². The van der Waals surface area contributed by atoms with Crippen molar-refractivity contribution in [3.63, 3.8) is 0 Å². The van der Waals surface area contributed by atoms with Gasteiger partial charge in [0.15, 0.2) is 0 Å². The fourth-order valence-electron chi connectivity index (χ4n) is 2.67. The standard InChI is InChI=1S/C12H15ClN2O/c13-9-2-4-12(15-7-9)16-11-5-8-1-3-10(11)14-6-8/h2,4,7-8,10-11,14H,1,3,5-6H2/t8-,10+,11+/m1/s1. The minimum Gasteiger partial charge on any atom is -0.473 e. The molecule has 0 aromatic carbocycles. The summed E-state index contributed by atoms with van der Waals surface area (Å²) in [5.74, 6) is 1.46. The largest absolute Gasteiger partial charge is 0.473 e. The lowest BCUT2D eigenvalue weighted by molar-refractivity contribution is 0.0466. The van der Waals surface area contributed by atoms with Crippen molar-refractivity contribution in [2.24, 2.45) is 5.92 Å². The van der Waals surface area contributed by atoms with Crippen molar-refractivity contribution in [3.05, 3.63) is 23.4 Å². The summed E-state index contributed by atoms with van der Waals surface area (Å²) in [7, 11) is 0. The molecule has 3 atom stereocenters. The molecule has 1 aromatic heterocycles. The van der Waals surface area contributed by atoms with Crippen molar-refractivity contribution in [2.45, 2.75) is 31.4 Å². The van der Waals surface area contributed by atoms with Crippen molar-refractivity contribution >= 4 is 11.6 Å². The lowest BCUT2D eigenvalue weighted by atomic mass is 9.79. The minimum absolute atomic E-state index is 0.279. The summed E-state index contributed by atoms with van der Waals surface area (Å²) in [5.41, 5.74) is 0. The molecule has 3 nitrogen and oxygen atoms in total. The van der Waals surface area contributed by atoms with Crippen LogP contribution in [0.3, 0.4) is 0 Å². The van der Waals surface area contributed by atoms with Crippen LogP contribution in [-0.4, -0.2) is 23.7 Å². The third-order valence-corrected chi connectivity index (χ3v) is 3.77. The summed E-state index contributed by atoms with van der Waals surface area (Å²) in [6.45, 7) is 1.15. The highest BCUT2D eigenvalue weighted by atomic mass is 35.5. The first-order valence-electron chi connectivity index (χ1n) is 5.83. The number of piperidine rings is 2. The Labute approximate surface area is 100 Å². The molecule has 1 aliphatic carbocycles. The van der Waals surface area contributed by atoms with Crippen molar-refractivity contribution in [1.82, 2.24) is 10.3 Å². The monoisotopic (exact) mass is 238 g/mol. The van der Waals surface area contributed by atoms with E-state index in [0.717, 1.165) is 18.9 Å². The number of rotatable bonds is 2. The Morgan fingerprint density at radius 3 is 2.88 bits per heavy atom. The van der Waals surface area contributed by atoms with E-state index in [1.165, 1.54) is 12.8 Å². The molecule has 16 heavy (non-hydrogen) atoms. The fourth-order valence-corrected chi connectivity index (χ4v) is 2.78. The number of nitrogens with zero attached hydrogens (tertiary/aromatic N) is 1. The van der Waals surface area contributed by atoms with Crippen molar-refractivity contribution in [3.8, 4) is 5.88 Å². The second-order valence-corrected chi connectivity index (χ2v) is 5.10. The maximum atomic E-state index is 5.91. The summed E-state index contributed by atoms with van der Waals surface area (Å²) in [4.78, 5) is 4.17. The number of halogens is 1. The van der Waals surface area contributed by atoms with Crippen molar-refractivity contribution < 1.29 is 4.74 Å². The number of fused-ring (bicyclic) bond motifs is 3. The van der Waals surface area contributed by atoms with Gasteiger partial charge in [0, 0.05) is 18.3 Å². The van der Waals surface area contributed by atoms with Crippen LogP contribution in [0.15, 0.2) is 18.3 Å². The molecule has 0 unspecified atom stereocenters. The molecule has 3 fully saturated rings. The van der Waals surface area contributed by atoms with Crippen LogP contribution in [0.4, 0.5) is 0 Å². The molecule has 2 aliphatic heterocycles. The Morgan fingerprint density at radius 1 is 1.38 bits per heavy atom. The molecule has 2 saturated heterocycles. The predicted molar refractivity (Wildman–Crippen MR) is 62.8 cm³/mol. The Morgan fingerprint density at radius 2 is 2.31 bits per heavy atom. The van der Waals surface area contributed by atoms with Gasteiger partial charge in [0.05, 0.1) is 5.02 Å². The molecule has 4 rings (SSSR count). The lowest BCUT2D eigenvalue weighted by Crippen LogP contribution is -2.55. The summed E-state index contributed by atoms with van der Waals surface area (Å²) >= 11 is 5.79. The highest BCUT2D eigenvalue weighted by molar-refractivity contribution is 6.30. The molecule has 2 bridgehead atoms. The number of pyridine rings is 1. The molecule has 1 N–H and O–H groups in total. The topological polar surface area (TPSA) is 34.1 Å².